The molecule has 22 aromatic rings. The highest BCUT2D eigenvalue weighted by molar-refractivity contribution is 6.25. The first kappa shape index (κ1) is 61.9. The summed E-state index contributed by atoms with van der Waals surface area (Å²) in [4.78, 5) is 0. The number of hydrogen-bond donors (Lipinski definition) is 0. The molecule has 2 atom stereocenters. The lowest BCUT2D eigenvalue weighted by Crippen LogP contribution is -1.99. The van der Waals surface area contributed by atoms with E-state index < -0.39 is 0 Å². The van der Waals surface area contributed by atoms with E-state index in [9.17, 15) is 0 Å². The van der Waals surface area contributed by atoms with Gasteiger partial charge in [-0.1, -0.05) is 297 Å². The first-order chi connectivity index (χ1) is 54.5. The average molecular weight is 1400 g/mol. The SMILES string of the molecule is c1ccc(-c2cccc(-n3c4ccc(-c5ccc6c(c5)-c5ccccc5C6c5ccc6ccccc6c5)cc4c4ccc5c6ccccc6oc5c43)c2)cc1.c1ccc(-c2cccc(-n3c4ccc(-c5ccc6c(c5)-c5ccccc5C6c5ccc6ccccc6c5)cc4c4ccc5oc6ccccc6c5c43)c2)cc1. The van der Waals surface area contributed by atoms with E-state index in [1.807, 2.05) is 12.1 Å². The van der Waals surface area contributed by atoms with Gasteiger partial charge in [0.05, 0.1) is 27.5 Å². The first-order valence-corrected chi connectivity index (χ1v) is 38.1. The fourth-order valence-corrected chi connectivity index (χ4v) is 18.7. The number of aromatic nitrogens is 2. The van der Waals surface area contributed by atoms with Crippen LogP contribution in [0.4, 0.5) is 0 Å². The zero-order valence-electron chi connectivity index (χ0n) is 59.8. The molecule has 4 heteroatoms. The van der Waals surface area contributed by atoms with Crippen molar-refractivity contribution in [3.05, 3.63) is 422 Å². The molecule has 4 heterocycles. The predicted molar refractivity (Wildman–Crippen MR) is 459 cm³/mol. The lowest BCUT2D eigenvalue weighted by atomic mass is 9.87. The fraction of sp³-hybridized carbons (Fsp3) is 0.0189. The average Bonchev–Trinajstić information content (AvgIpc) is 1.51. The monoisotopic (exact) mass is 1400 g/mol. The summed E-state index contributed by atoms with van der Waals surface area (Å²) < 4.78 is 18.0. The van der Waals surface area contributed by atoms with Crippen LogP contribution in [-0.4, -0.2) is 9.13 Å². The Kier molecular flexibility index (Phi) is 13.9. The molecule has 2 aliphatic carbocycles. The van der Waals surface area contributed by atoms with Crippen molar-refractivity contribution in [1.29, 1.82) is 0 Å². The molecule has 4 nitrogen and oxygen atoms in total. The molecule has 0 bridgehead atoms. The van der Waals surface area contributed by atoms with E-state index in [4.69, 9.17) is 8.83 Å². The van der Waals surface area contributed by atoms with Crippen LogP contribution in [-0.2, 0) is 0 Å². The van der Waals surface area contributed by atoms with Crippen LogP contribution in [0.5, 0.6) is 0 Å². The Labute approximate surface area is 634 Å². The maximum absolute atomic E-state index is 6.72. The Morgan fingerprint density at radius 3 is 1.20 bits per heavy atom. The van der Waals surface area contributed by atoms with Crippen molar-refractivity contribution in [1.82, 2.24) is 9.13 Å². The van der Waals surface area contributed by atoms with Gasteiger partial charge in [-0.25, -0.2) is 0 Å². The van der Waals surface area contributed by atoms with Gasteiger partial charge < -0.3 is 18.0 Å². The van der Waals surface area contributed by atoms with Crippen LogP contribution in [0.1, 0.15) is 45.2 Å². The van der Waals surface area contributed by atoms with Crippen molar-refractivity contribution in [3.63, 3.8) is 0 Å². The number of furan rings is 2. The molecule has 24 rings (SSSR count). The van der Waals surface area contributed by atoms with E-state index >= 15 is 0 Å². The smallest absolute Gasteiger partial charge is 0.160 e. The van der Waals surface area contributed by atoms with Gasteiger partial charge in [-0.3, -0.25) is 0 Å². The summed E-state index contributed by atoms with van der Waals surface area (Å²) in [6, 6.07) is 142. The number of fused-ring (bicyclic) bond motifs is 22. The van der Waals surface area contributed by atoms with Crippen LogP contribution < -0.4 is 0 Å². The largest absolute Gasteiger partial charge is 0.456 e. The molecule has 110 heavy (non-hydrogen) atoms. The van der Waals surface area contributed by atoms with Crippen molar-refractivity contribution < 1.29 is 8.83 Å². The maximum Gasteiger partial charge on any atom is 0.160 e. The Morgan fingerprint density at radius 1 is 0.209 bits per heavy atom. The van der Waals surface area contributed by atoms with Gasteiger partial charge in [-0.05, 0) is 213 Å². The standard InChI is InChI=1S/2C53H33NO/c1-2-11-33(12-3-1)36-15-10-16-40(30-36)54-49-28-24-38(32-48(49)45-26-27-46-42-18-8-9-20-50(42)55-53(46)52(45)54)37-23-25-44-47(31-37)41-17-6-7-19-43(41)51(44)39-22-21-34-13-4-5-14-35(34)29-39;1-2-11-33(12-3-1)36-15-10-16-40(30-36)54-48-27-24-38(32-47(48)44-26-28-50-52(53(44)54)45-19-8-9-20-49(45)55-50)37-23-25-43-46(31-37)41-17-6-7-18-42(41)51(43)39-22-21-34-13-4-5-14-35(34)29-39/h2*1-32,51H. The summed E-state index contributed by atoms with van der Waals surface area (Å²) in [7, 11) is 0. The second kappa shape index (κ2) is 24.6. The molecule has 2 unspecified atom stereocenters. The van der Waals surface area contributed by atoms with Gasteiger partial charge in [-0.15, -0.1) is 0 Å². The lowest BCUT2D eigenvalue weighted by molar-refractivity contribution is 0.669. The normalized spacial score (nSPS) is 13.6. The van der Waals surface area contributed by atoms with E-state index in [1.165, 1.54) is 154 Å². The molecule has 0 N–H and O–H groups in total. The minimum absolute atomic E-state index is 0.197. The van der Waals surface area contributed by atoms with E-state index in [0.29, 0.717) is 0 Å². The van der Waals surface area contributed by atoms with Crippen molar-refractivity contribution >= 4 is 109 Å². The molecule has 2 aliphatic rings. The lowest BCUT2D eigenvalue weighted by Gasteiger charge is -2.16. The molecule has 4 aromatic heterocycles. The van der Waals surface area contributed by atoms with Crippen LogP contribution >= 0.6 is 0 Å². The second-order valence-corrected chi connectivity index (χ2v) is 29.7. The Balaban J connectivity index is 0.000000132. The molecule has 0 spiro atoms. The number of nitrogens with zero attached hydrogens (tertiary/aromatic N) is 2. The quantitative estimate of drug-likeness (QED) is 0.152. The van der Waals surface area contributed by atoms with Crippen LogP contribution in [0.2, 0.25) is 0 Å². The molecule has 18 aromatic carbocycles. The third-order valence-electron chi connectivity index (χ3n) is 23.7. The third-order valence-corrected chi connectivity index (χ3v) is 23.7. The molecular weight excluding hydrogens is 1330 g/mol. The van der Waals surface area contributed by atoms with Gasteiger partial charge in [0.1, 0.15) is 16.7 Å². The van der Waals surface area contributed by atoms with E-state index in [1.54, 1.807) is 0 Å². The number of benzene rings is 18. The summed E-state index contributed by atoms with van der Waals surface area (Å²) in [5.41, 5.74) is 33.5. The van der Waals surface area contributed by atoms with Crippen LogP contribution in [0, 0.1) is 0 Å². The summed E-state index contributed by atoms with van der Waals surface area (Å²) >= 11 is 0. The minimum atomic E-state index is 0.197. The van der Waals surface area contributed by atoms with Gasteiger partial charge >= 0.3 is 0 Å². The molecule has 0 saturated heterocycles. The van der Waals surface area contributed by atoms with E-state index in [0.717, 1.165) is 66.3 Å². The molecule has 0 radical (unpaired) electrons. The topological polar surface area (TPSA) is 36.1 Å². The zero-order chi connectivity index (χ0) is 72.1. The molecule has 0 amide bonds. The fourth-order valence-electron chi connectivity index (χ4n) is 18.7. The highest BCUT2D eigenvalue weighted by Gasteiger charge is 2.33. The summed E-state index contributed by atoms with van der Waals surface area (Å²) in [6.45, 7) is 0. The van der Waals surface area contributed by atoms with Crippen LogP contribution in [0.25, 0.3) is 187 Å². The van der Waals surface area contributed by atoms with E-state index in [2.05, 4.69) is 385 Å². The van der Waals surface area contributed by atoms with Gasteiger partial charge in [0.15, 0.2) is 5.58 Å². The van der Waals surface area contributed by atoms with Gasteiger partial charge in [0.2, 0.25) is 0 Å². The Bertz CT molecular complexity index is 7550. The van der Waals surface area contributed by atoms with Gasteiger partial charge in [0.25, 0.3) is 0 Å². The zero-order valence-corrected chi connectivity index (χ0v) is 59.8. The first-order valence-electron chi connectivity index (χ1n) is 38.1. The molecule has 512 valence electrons. The number of para-hydroxylation sites is 2. The van der Waals surface area contributed by atoms with Crippen molar-refractivity contribution in [2.24, 2.45) is 0 Å². The third kappa shape index (κ3) is 9.72. The van der Waals surface area contributed by atoms with Gasteiger partial charge in [-0.2, -0.15) is 0 Å². The summed E-state index contributed by atoms with van der Waals surface area (Å²) in [5, 5.41) is 14.5. The van der Waals surface area contributed by atoms with Gasteiger partial charge in [0, 0.05) is 60.9 Å². The Morgan fingerprint density at radius 2 is 0.627 bits per heavy atom. The van der Waals surface area contributed by atoms with Crippen molar-refractivity contribution in [2.75, 3.05) is 0 Å². The van der Waals surface area contributed by atoms with Crippen LogP contribution in [0.3, 0.4) is 0 Å². The van der Waals surface area contributed by atoms with Crippen molar-refractivity contribution in [2.45, 2.75) is 11.8 Å². The highest BCUT2D eigenvalue weighted by Crippen LogP contribution is 2.53. The number of hydrogen-bond acceptors (Lipinski definition) is 2. The molecular formula is C106H66N2O2. The Hall–Kier alpha value is -14.3. The minimum Gasteiger partial charge on any atom is -0.456 e. The number of rotatable bonds is 8. The molecule has 0 saturated carbocycles. The summed E-state index contributed by atoms with van der Waals surface area (Å²) in [5.74, 6) is 0.396. The molecule has 0 fully saturated rings. The van der Waals surface area contributed by atoms with Crippen molar-refractivity contribution in [3.8, 4) is 78.1 Å². The summed E-state index contributed by atoms with van der Waals surface area (Å²) in [6.07, 6.45) is 0. The van der Waals surface area contributed by atoms with Crippen LogP contribution in [0.15, 0.2) is 397 Å². The predicted octanol–water partition coefficient (Wildman–Crippen LogP) is 28.7. The second-order valence-electron chi connectivity index (χ2n) is 29.7. The molecule has 0 aliphatic heterocycles. The maximum atomic E-state index is 6.72. The highest BCUT2D eigenvalue weighted by atomic mass is 16.3. The van der Waals surface area contributed by atoms with E-state index in [-0.39, 0.29) is 11.8 Å².